The van der Waals surface area contributed by atoms with Crippen LogP contribution < -0.4 is 14.4 Å². The summed E-state index contributed by atoms with van der Waals surface area (Å²) >= 11 is 12.3. The highest BCUT2D eigenvalue weighted by atomic mass is 35.5. The first kappa shape index (κ1) is 31.3. The van der Waals surface area contributed by atoms with Gasteiger partial charge in [-0.2, -0.15) is 0 Å². The van der Waals surface area contributed by atoms with E-state index in [4.69, 9.17) is 27.9 Å². The highest BCUT2D eigenvalue weighted by Crippen LogP contribution is 2.35. The van der Waals surface area contributed by atoms with Crippen LogP contribution in [0.25, 0.3) is 0 Å². The molecule has 2 amide bonds. The molecular formula is C29H33Cl2N3O5S. The van der Waals surface area contributed by atoms with Crippen molar-refractivity contribution in [1.29, 1.82) is 0 Å². The summed E-state index contributed by atoms with van der Waals surface area (Å²) in [5, 5.41) is 3.60. The van der Waals surface area contributed by atoms with Crippen LogP contribution in [0.3, 0.4) is 0 Å². The van der Waals surface area contributed by atoms with E-state index in [9.17, 15) is 18.0 Å². The van der Waals surface area contributed by atoms with E-state index in [1.807, 2.05) is 13.8 Å². The lowest BCUT2D eigenvalue weighted by Gasteiger charge is -2.32. The van der Waals surface area contributed by atoms with Crippen LogP contribution in [0.1, 0.15) is 31.4 Å². The second kappa shape index (κ2) is 13.9. The number of carbonyl (C=O) groups is 2. The number of aryl methyl sites for hydroxylation is 1. The summed E-state index contributed by atoms with van der Waals surface area (Å²) in [5.41, 5.74) is 1.70. The first-order valence-electron chi connectivity index (χ1n) is 12.7. The fraction of sp³-hybridized carbons (Fsp3) is 0.310. The van der Waals surface area contributed by atoms with E-state index >= 15 is 0 Å². The molecule has 0 bridgehead atoms. The zero-order valence-electron chi connectivity index (χ0n) is 22.9. The number of ether oxygens (including phenoxy) is 1. The van der Waals surface area contributed by atoms with Gasteiger partial charge in [0.15, 0.2) is 0 Å². The standard InChI is InChI=1S/C29H33Cl2N3O5S/c1-5-16-32-29(36)21(3)33(18-22-8-10-23(30)11-9-22)28(35)19-34(26-17-24(31)12-15-27(26)39-4)40(37,38)25-13-6-20(2)7-14-25/h6-15,17,21H,5,16,18-19H2,1-4H3,(H,32,36). The molecule has 1 N–H and O–H groups in total. The van der Waals surface area contributed by atoms with E-state index in [1.165, 1.54) is 36.3 Å². The third-order valence-corrected chi connectivity index (χ3v) is 8.54. The zero-order chi connectivity index (χ0) is 29.4. The molecule has 3 aromatic rings. The molecule has 3 rings (SSSR count). The molecule has 0 fully saturated rings. The quantitative estimate of drug-likeness (QED) is 0.296. The van der Waals surface area contributed by atoms with Crippen molar-refractivity contribution < 1.29 is 22.7 Å². The number of rotatable bonds is 12. The second-order valence-electron chi connectivity index (χ2n) is 9.26. The predicted molar refractivity (Wildman–Crippen MR) is 158 cm³/mol. The maximum absolute atomic E-state index is 14.0. The molecule has 0 heterocycles. The van der Waals surface area contributed by atoms with Crippen molar-refractivity contribution in [3.05, 3.63) is 87.9 Å². The van der Waals surface area contributed by atoms with Crippen LogP contribution in [0.4, 0.5) is 5.69 Å². The molecule has 214 valence electrons. The van der Waals surface area contributed by atoms with E-state index in [0.717, 1.165) is 21.9 Å². The fourth-order valence-electron chi connectivity index (χ4n) is 3.97. The number of nitrogens with zero attached hydrogens (tertiary/aromatic N) is 2. The number of anilines is 1. The van der Waals surface area contributed by atoms with Gasteiger partial charge in [0, 0.05) is 23.1 Å². The molecule has 0 aliphatic rings. The number of amides is 2. The van der Waals surface area contributed by atoms with Gasteiger partial charge in [0.2, 0.25) is 11.8 Å². The van der Waals surface area contributed by atoms with Gasteiger partial charge in [0.05, 0.1) is 17.7 Å². The van der Waals surface area contributed by atoms with Crippen LogP contribution in [-0.4, -0.2) is 51.4 Å². The molecule has 0 aliphatic carbocycles. The molecule has 1 unspecified atom stereocenters. The molecule has 0 radical (unpaired) electrons. The first-order chi connectivity index (χ1) is 19.0. The van der Waals surface area contributed by atoms with Crippen molar-refractivity contribution in [2.45, 2.75) is 44.7 Å². The Balaban J connectivity index is 2.08. The number of hydrogen-bond donors (Lipinski definition) is 1. The summed E-state index contributed by atoms with van der Waals surface area (Å²) < 4.78 is 34.4. The lowest BCUT2D eigenvalue weighted by atomic mass is 10.1. The van der Waals surface area contributed by atoms with Crippen LogP contribution >= 0.6 is 23.2 Å². The van der Waals surface area contributed by atoms with Crippen molar-refractivity contribution in [2.24, 2.45) is 0 Å². The number of nitrogens with one attached hydrogen (secondary N) is 1. The number of carbonyl (C=O) groups excluding carboxylic acids is 2. The second-order valence-corrected chi connectivity index (χ2v) is 12.0. The number of hydrogen-bond acceptors (Lipinski definition) is 5. The Hall–Kier alpha value is -3.27. The van der Waals surface area contributed by atoms with Gasteiger partial charge in [-0.1, -0.05) is 60.0 Å². The Labute approximate surface area is 245 Å². The highest BCUT2D eigenvalue weighted by Gasteiger charge is 2.34. The summed E-state index contributed by atoms with van der Waals surface area (Å²) in [7, 11) is -2.86. The third-order valence-electron chi connectivity index (χ3n) is 6.28. The Morgan fingerprint density at radius 2 is 1.60 bits per heavy atom. The maximum Gasteiger partial charge on any atom is 0.264 e. The highest BCUT2D eigenvalue weighted by molar-refractivity contribution is 7.92. The van der Waals surface area contributed by atoms with Crippen molar-refractivity contribution in [2.75, 3.05) is 24.5 Å². The maximum atomic E-state index is 14.0. The molecule has 0 spiro atoms. The van der Waals surface area contributed by atoms with Gasteiger partial charge in [-0.25, -0.2) is 8.42 Å². The van der Waals surface area contributed by atoms with E-state index in [-0.39, 0.29) is 33.8 Å². The van der Waals surface area contributed by atoms with E-state index in [2.05, 4.69) is 5.32 Å². The van der Waals surface area contributed by atoms with Crippen LogP contribution in [0.15, 0.2) is 71.6 Å². The Bertz CT molecular complexity index is 1430. The normalized spacial score (nSPS) is 11.9. The molecule has 0 aromatic heterocycles. The van der Waals surface area contributed by atoms with Crippen LogP contribution in [0.5, 0.6) is 5.75 Å². The molecule has 8 nitrogen and oxygen atoms in total. The van der Waals surface area contributed by atoms with Crippen LogP contribution in [-0.2, 0) is 26.2 Å². The number of sulfonamides is 1. The van der Waals surface area contributed by atoms with Crippen LogP contribution in [0.2, 0.25) is 10.0 Å². The summed E-state index contributed by atoms with van der Waals surface area (Å²) in [6, 6.07) is 16.8. The molecule has 40 heavy (non-hydrogen) atoms. The lowest BCUT2D eigenvalue weighted by Crippen LogP contribution is -2.51. The number of halogens is 2. The molecule has 0 saturated carbocycles. The SMILES string of the molecule is CCCNC(=O)C(C)N(Cc1ccc(Cl)cc1)C(=O)CN(c1cc(Cl)ccc1OC)S(=O)(=O)c1ccc(C)cc1. The minimum absolute atomic E-state index is 0.00841. The van der Waals surface area contributed by atoms with Gasteiger partial charge >= 0.3 is 0 Å². The molecular weight excluding hydrogens is 573 g/mol. The van der Waals surface area contributed by atoms with Crippen molar-refractivity contribution in [1.82, 2.24) is 10.2 Å². The Morgan fingerprint density at radius 1 is 0.975 bits per heavy atom. The van der Waals surface area contributed by atoms with Gasteiger partial charge in [-0.15, -0.1) is 0 Å². The van der Waals surface area contributed by atoms with Gasteiger partial charge < -0.3 is 15.0 Å². The van der Waals surface area contributed by atoms with Gasteiger partial charge in [-0.05, 0) is 68.3 Å². The number of methoxy groups -OCH3 is 1. The first-order valence-corrected chi connectivity index (χ1v) is 14.9. The molecule has 0 aliphatic heterocycles. The van der Waals surface area contributed by atoms with Gasteiger partial charge in [-0.3, -0.25) is 13.9 Å². The number of benzene rings is 3. The summed E-state index contributed by atoms with van der Waals surface area (Å²) in [6.45, 7) is 5.27. The third kappa shape index (κ3) is 7.68. The molecule has 0 saturated heterocycles. The topological polar surface area (TPSA) is 96.0 Å². The molecule has 11 heteroatoms. The van der Waals surface area contributed by atoms with E-state index < -0.39 is 28.5 Å². The van der Waals surface area contributed by atoms with Crippen LogP contribution in [0, 0.1) is 6.92 Å². The van der Waals surface area contributed by atoms with Crippen molar-refractivity contribution in [3.8, 4) is 5.75 Å². The summed E-state index contributed by atoms with van der Waals surface area (Å²) in [5.74, 6) is -0.727. The molecule has 3 aromatic carbocycles. The monoisotopic (exact) mass is 605 g/mol. The van der Waals surface area contributed by atoms with E-state index in [1.54, 1.807) is 49.4 Å². The van der Waals surface area contributed by atoms with Crippen molar-refractivity contribution >= 4 is 50.7 Å². The van der Waals surface area contributed by atoms with E-state index in [0.29, 0.717) is 11.6 Å². The Morgan fingerprint density at radius 3 is 2.20 bits per heavy atom. The average Bonchev–Trinajstić information content (AvgIpc) is 2.93. The zero-order valence-corrected chi connectivity index (χ0v) is 25.2. The summed E-state index contributed by atoms with van der Waals surface area (Å²) in [6.07, 6.45) is 0.723. The van der Waals surface area contributed by atoms with Gasteiger partial charge in [0.1, 0.15) is 18.3 Å². The lowest BCUT2D eigenvalue weighted by molar-refractivity contribution is -0.139. The fourth-order valence-corrected chi connectivity index (χ4v) is 5.68. The predicted octanol–water partition coefficient (Wildman–Crippen LogP) is 5.45. The minimum Gasteiger partial charge on any atom is -0.495 e. The minimum atomic E-state index is -4.26. The average molecular weight is 607 g/mol. The Kier molecular flexibility index (Phi) is 10.8. The van der Waals surface area contributed by atoms with Crippen molar-refractivity contribution in [3.63, 3.8) is 0 Å². The van der Waals surface area contributed by atoms with Gasteiger partial charge in [0.25, 0.3) is 10.0 Å². The molecule has 1 atom stereocenters. The largest absolute Gasteiger partial charge is 0.495 e. The smallest absolute Gasteiger partial charge is 0.264 e. The summed E-state index contributed by atoms with van der Waals surface area (Å²) in [4.78, 5) is 28.3.